The Morgan fingerprint density at radius 3 is 2.65 bits per heavy atom. The molecule has 0 saturated carbocycles. The molecule has 0 aliphatic carbocycles. The van der Waals surface area contributed by atoms with Gasteiger partial charge < -0.3 is 5.73 Å². The van der Waals surface area contributed by atoms with Gasteiger partial charge in [-0.1, -0.05) is 0 Å². The fraction of sp³-hybridized carbons (Fsp3) is 0.350. The lowest BCUT2D eigenvalue weighted by molar-refractivity contribution is -0.117. The fourth-order valence-electron chi connectivity index (χ4n) is 3.23. The first-order chi connectivity index (χ1) is 15.8. The Kier molecular flexibility index (Phi) is 6.61. The second kappa shape index (κ2) is 8.98. The molecule has 0 saturated heterocycles. The van der Waals surface area contributed by atoms with Gasteiger partial charge >= 0.3 is 6.18 Å². The van der Waals surface area contributed by atoms with Gasteiger partial charge in [-0.2, -0.15) is 18.4 Å². The van der Waals surface area contributed by atoms with E-state index in [1.807, 2.05) is 6.07 Å². The molecule has 3 rings (SSSR count). The van der Waals surface area contributed by atoms with E-state index in [2.05, 4.69) is 19.3 Å². The molecule has 0 unspecified atom stereocenters. The van der Waals surface area contributed by atoms with Crippen LogP contribution in [-0.4, -0.2) is 55.7 Å². The summed E-state index contributed by atoms with van der Waals surface area (Å²) >= 11 is 0. The number of aliphatic imine (C=N–C) groups is 1. The molecule has 0 radical (unpaired) electrons. The first kappa shape index (κ1) is 25.0. The molecule has 1 aliphatic rings. The smallest absolute Gasteiger partial charge is 0.369 e. The normalized spacial score (nSPS) is 22.6. The molecule has 9 nitrogen and oxygen atoms in total. The lowest BCUT2D eigenvalue weighted by Crippen LogP contribution is -2.51. The molecule has 2 aromatic heterocycles. The topological polar surface area (TPSA) is 138 Å². The molecule has 2 aromatic rings. The minimum absolute atomic E-state index is 0.0633. The van der Waals surface area contributed by atoms with E-state index in [0.717, 1.165) is 10.4 Å². The van der Waals surface area contributed by atoms with Gasteiger partial charge in [0.1, 0.15) is 45.3 Å². The van der Waals surface area contributed by atoms with Crippen molar-refractivity contribution in [1.29, 1.82) is 5.26 Å². The summed E-state index contributed by atoms with van der Waals surface area (Å²) in [6, 6.07) is 6.96. The number of pyridine rings is 2. The summed E-state index contributed by atoms with van der Waals surface area (Å²) in [5.41, 5.74) is 4.20. The SMILES string of the molecule is CN1C(N)=N[C@](C)(c2nc(CC(=O)c3ccc(C#N)cn3)ccc2F)C[S@@]1(=O)=NCC(F)(F)F. The number of halogens is 4. The van der Waals surface area contributed by atoms with Crippen LogP contribution in [0.25, 0.3) is 0 Å². The largest absolute Gasteiger partial charge is 0.408 e. The summed E-state index contributed by atoms with van der Waals surface area (Å²) in [6.45, 7) is -0.351. The maximum absolute atomic E-state index is 14.8. The van der Waals surface area contributed by atoms with E-state index in [0.29, 0.717) is 0 Å². The molecular formula is C20H19F4N7O2S. The quantitative estimate of drug-likeness (QED) is 0.497. The zero-order valence-electron chi connectivity index (χ0n) is 18.0. The van der Waals surface area contributed by atoms with Gasteiger partial charge in [0.05, 0.1) is 17.7 Å². The number of Topliss-reactive ketones (excluding diaryl/α,β-unsaturated/α-hetero) is 1. The highest BCUT2D eigenvalue weighted by atomic mass is 32.2. The van der Waals surface area contributed by atoms with Crippen LogP contribution in [0, 0.1) is 17.1 Å². The molecule has 1 aliphatic heterocycles. The lowest BCUT2D eigenvalue weighted by atomic mass is 9.99. The van der Waals surface area contributed by atoms with Crippen molar-refractivity contribution in [3.8, 4) is 6.07 Å². The van der Waals surface area contributed by atoms with Gasteiger partial charge in [0.25, 0.3) is 0 Å². The molecule has 3 heterocycles. The van der Waals surface area contributed by atoms with Crippen LogP contribution in [0.5, 0.6) is 0 Å². The molecule has 0 aromatic carbocycles. The van der Waals surface area contributed by atoms with E-state index in [1.54, 1.807) is 0 Å². The van der Waals surface area contributed by atoms with Gasteiger partial charge in [-0.15, -0.1) is 0 Å². The van der Waals surface area contributed by atoms with E-state index < -0.39 is 51.5 Å². The van der Waals surface area contributed by atoms with Crippen LogP contribution in [0.1, 0.15) is 34.4 Å². The molecule has 14 heteroatoms. The maximum Gasteiger partial charge on any atom is 0.408 e. The van der Waals surface area contributed by atoms with Crippen LogP contribution in [0.15, 0.2) is 39.8 Å². The number of hydrogen-bond donors (Lipinski definition) is 1. The molecule has 0 fully saturated rings. The third-order valence-electron chi connectivity index (χ3n) is 4.96. The first-order valence-electron chi connectivity index (χ1n) is 9.68. The maximum atomic E-state index is 14.8. The van der Waals surface area contributed by atoms with Gasteiger partial charge in [-0.25, -0.2) is 18.0 Å². The predicted molar refractivity (Wildman–Crippen MR) is 114 cm³/mol. The average molecular weight is 497 g/mol. The molecule has 0 amide bonds. The van der Waals surface area contributed by atoms with Crippen molar-refractivity contribution in [3.05, 3.63) is 58.9 Å². The Morgan fingerprint density at radius 1 is 1.35 bits per heavy atom. The van der Waals surface area contributed by atoms with Gasteiger partial charge in [0.15, 0.2) is 5.78 Å². The van der Waals surface area contributed by atoms with Crippen LogP contribution >= 0.6 is 0 Å². The van der Waals surface area contributed by atoms with Gasteiger partial charge in [-0.05, 0) is 31.2 Å². The van der Waals surface area contributed by atoms with E-state index in [-0.39, 0.29) is 29.1 Å². The zero-order chi connectivity index (χ0) is 25.3. The third kappa shape index (κ3) is 5.30. The summed E-state index contributed by atoms with van der Waals surface area (Å²) in [7, 11) is -2.55. The standard InChI is InChI=1S/C20H19F4N7O2S/c1-19(11-34(33,28-10-20(22,23)24)31(2)18(26)30-19)17-14(21)5-4-13(29-17)7-16(32)15-6-3-12(8-25)9-27-15/h3-6,9H,7,10-11H2,1-2H3,(H2,26,30)/t19-,34+/m0/s1. The molecule has 180 valence electrons. The van der Waals surface area contributed by atoms with Crippen molar-refractivity contribution >= 4 is 21.7 Å². The van der Waals surface area contributed by atoms with E-state index in [4.69, 9.17) is 11.0 Å². The number of nitrogens with zero attached hydrogens (tertiary/aromatic N) is 6. The van der Waals surface area contributed by atoms with E-state index in [1.165, 1.54) is 38.4 Å². The van der Waals surface area contributed by atoms with Crippen LogP contribution < -0.4 is 5.73 Å². The number of carbonyl (C=O) groups excluding carboxylic acids is 1. The highest BCUT2D eigenvalue weighted by molar-refractivity contribution is 7.92. The van der Waals surface area contributed by atoms with Crippen molar-refractivity contribution in [3.63, 3.8) is 0 Å². The Bertz CT molecular complexity index is 1310. The summed E-state index contributed by atoms with van der Waals surface area (Å²) in [4.78, 5) is 24.7. The number of nitriles is 1. The number of guanidine groups is 1. The number of carbonyl (C=O) groups is 1. The molecule has 34 heavy (non-hydrogen) atoms. The van der Waals surface area contributed by atoms with Crippen LogP contribution in [-0.2, 0) is 21.9 Å². The monoisotopic (exact) mass is 497 g/mol. The second-order valence-electron chi connectivity index (χ2n) is 7.67. The zero-order valence-corrected chi connectivity index (χ0v) is 18.8. The van der Waals surface area contributed by atoms with E-state index >= 15 is 0 Å². The lowest BCUT2D eigenvalue weighted by Gasteiger charge is -2.36. The van der Waals surface area contributed by atoms with Crippen molar-refractivity contribution in [1.82, 2.24) is 14.3 Å². The average Bonchev–Trinajstić information content (AvgIpc) is 2.77. The molecule has 0 spiro atoms. The van der Waals surface area contributed by atoms with E-state index in [9.17, 15) is 26.6 Å². The highest BCUT2D eigenvalue weighted by Gasteiger charge is 2.42. The summed E-state index contributed by atoms with van der Waals surface area (Å²) in [5, 5.41) is 8.83. The predicted octanol–water partition coefficient (Wildman–Crippen LogP) is 2.33. The number of hydrogen-bond acceptors (Lipinski definition) is 8. The van der Waals surface area contributed by atoms with Crippen LogP contribution in [0.2, 0.25) is 0 Å². The van der Waals surface area contributed by atoms with Crippen molar-refractivity contribution in [2.45, 2.75) is 25.1 Å². The summed E-state index contributed by atoms with van der Waals surface area (Å²) < 4.78 is 70.3. The molecular weight excluding hydrogens is 478 g/mol. The van der Waals surface area contributed by atoms with Crippen molar-refractivity contribution in [2.24, 2.45) is 15.1 Å². The van der Waals surface area contributed by atoms with Gasteiger partial charge in [0.2, 0.25) is 5.96 Å². The summed E-state index contributed by atoms with van der Waals surface area (Å²) in [6.07, 6.45) is -3.75. The second-order valence-corrected chi connectivity index (χ2v) is 9.98. The number of ketones is 1. The van der Waals surface area contributed by atoms with Crippen molar-refractivity contribution in [2.75, 3.05) is 19.3 Å². The number of alkyl halides is 3. The van der Waals surface area contributed by atoms with Gasteiger partial charge in [-0.3, -0.25) is 19.1 Å². The third-order valence-corrected chi connectivity index (χ3v) is 7.47. The first-order valence-corrected chi connectivity index (χ1v) is 11.3. The Hall–Kier alpha value is -3.60. The van der Waals surface area contributed by atoms with Crippen molar-refractivity contribution < 1.29 is 26.6 Å². The highest BCUT2D eigenvalue weighted by Crippen LogP contribution is 2.33. The van der Waals surface area contributed by atoms with Crippen LogP contribution in [0.3, 0.4) is 0 Å². The molecule has 2 atom stereocenters. The number of aromatic nitrogens is 2. The minimum atomic E-state index is -4.70. The Morgan fingerprint density at radius 2 is 2.06 bits per heavy atom. The molecule has 0 bridgehead atoms. The number of rotatable bonds is 5. The van der Waals surface area contributed by atoms with Crippen LogP contribution in [0.4, 0.5) is 17.6 Å². The van der Waals surface area contributed by atoms with Gasteiger partial charge in [0, 0.05) is 18.9 Å². The Labute approximate surface area is 192 Å². The Balaban J connectivity index is 1.97. The molecule has 2 N–H and O–H groups in total. The minimum Gasteiger partial charge on any atom is -0.369 e. The number of nitrogens with two attached hydrogens (primary N) is 1. The summed E-state index contributed by atoms with van der Waals surface area (Å²) in [5.74, 6) is -2.33. The fourth-order valence-corrected chi connectivity index (χ4v) is 5.30.